The zero-order valence-electron chi connectivity index (χ0n) is 11.7. The molecule has 0 atom stereocenters. The lowest BCUT2D eigenvalue weighted by Crippen LogP contribution is -2.11. The summed E-state index contributed by atoms with van der Waals surface area (Å²) < 4.78 is 27.7. The Hall–Kier alpha value is -1.59. The van der Waals surface area contributed by atoms with E-state index in [2.05, 4.69) is 15.9 Å². The second kappa shape index (κ2) is 5.00. The summed E-state index contributed by atoms with van der Waals surface area (Å²) >= 11 is 3.44. The maximum atomic E-state index is 12.8. The Labute approximate surface area is 132 Å². The third-order valence-corrected chi connectivity index (χ3v) is 5.77. The van der Waals surface area contributed by atoms with Crippen molar-refractivity contribution >= 4 is 36.9 Å². The lowest BCUT2D eigenvalue weighted by atomic mass is 10.2. The van der Waals surface area contributed by atoms with E-state index in [1.165, 1.54) is 3.97 Å². The van der Waals surface area contributed by atoms with Crippen molar-refractivity contribution in [1.82, 2.24) is 3.97 Å². The smallest absolute Gasteiger partial charge is 0.240 e. The Morgan fingerprint density at radius 3 is 2.24 bits per heavy atom. The van der Waals surface area contributed by atoms with Gasteiger partial charge in [-0.1, -0.05) is 29.3 Å². The summed E-state index contributed by atoms with van der Waals surface area (Å²) in [6.45, 7) is 3.92. The van der Waals surface area contributed by atoms with E-state index in [-0.39, 0.29) is 4.90 Å². The number of hydrogen-bond donors (Lipinski definition) is 0. The Bertz CT molecular complexity index is 925. The predicted octanol–water partition coefficient (Wildman–Crippen LogP) is 4.26. The number of hydrogen-bond acceptors (Lipinski definition) is 2. The molecule has 0 aliphatic heterocycles. The summed E-state index contributed by atoms with van der Waals surface area (Å²) in [5, 5.41) is 0.894. The molecule has 0 spiro atoms. The van der Waals surface area contributed by atoms with Gasteiger partial charge in [-0.05, 0) is 54.0 Å². The molecule has 0 saturated heterocycles. The summed E-state index contributed by atoms with van der Waals surface area (Å²) in [5.41, 5.74) is 2.80. The average Bonchev–Trinajstić information content (AvgIpc) is 2.77. The molecule has 21 heavy (non-hydrogen) atoms. The van der Waals surface area contributed by atoms with Crippen LogP contribution < -0.4 is 0 Å². The van der Waals surface area contributed by atoms with Crippen molar-refractivity contribution < 1.29 is 8.42 Å². The molecule has 0 bridgehead atoms. The lowest BCUT2D eigenvalue weighted by Gasteiger charge is -2.08. The van der Waals surface area contributed by atoms with Gasteiger partial charge in [-0.25, -0.2) is 12.4 Å². The van der Waals surface area contributed by atoms with Gasteiger partial charge in [-0.3, -0.25) is 0 Å². The monoisotopic (exact) mass is 363 g/mol. The maximum absolute atomic E-state index is 12.8. The second-order valence-electron chi connectivity index (χ2n) is 5.11. The minimum Gasteiger partial charge on any atom is -0.240 e. The third-order valence-electron chi connectivity index (χ3n) is 3.46. The van der Waals surface area contributed by atoms with Crippen LogP contribution in [-0.4, -0.2) is 12.4 Å². The van der Waals surface area contributed by atoms with Gasteiger partial charge in [0.2, 0.25) is 0 Å². The lowest BCUT2D eigenvalue weighted by molar-refractivity contribution is 0.589. The normalized spacial score (nSPS) is 12.0. The SMILES string of the molecule is Cc1ccc(S(=O)(=O)n2cc(Br)c3cc(C)ccc32)cc1. The van der Waals surface area contributed by atoms with E-state index in [4.69, 9.17) is 0 Å². The van der Waals surface area contributed by atoms with Crippen LogP contribution in [-0.2, 0) is 10.0 Å². The van der Waals surface area contributed by atoms with E-state index in [1.807, 2.05) is 32.0 Å². The minimum atomic E-state index is -3.59. The van der Waals surface area contributed by atoms with Gasteiger partial charge < -0.3 is 0 Å². The van der Waals surface area contributed by atoms with Gasteiger partial charge in [-0.2, -0.15) is 0 Å². The minimum absolute atomic E-state index is 0.290. The molecular weight excluding hydrogens is 350 g/mol. The highest BCUT2D eigenvalue weighted by atomic mass is 79.9. The van der Waals surface area contributed by atoms with Crippen LogP contribution in [0.15, 0.2) is 58.0 Å². The van der Waals surface area contributed by atoms with Gasteiger partial charge in [0, 0.05) is 16.1 Å². The first kappa shape index (κ1) is 14.4. The van der Waals surface area contributed by atoms with Crippen molar-refractivity contribution in [2.75, 3.05) is 0 Å². The molecule has 0 N–H and O–H groups in total. The van der Waals surface area contributed by atoms with Crippen LogP contribution >= 0.6 is 15.9 Å². The van der Waals surface area contributed by atoms with Crippen molar-refractivity contribution in [2.45, 2.75) is 18.7 Å². The van der Waals surface area contributed by atoms with Crippen molar-refractivity contribution in [1.29, 1.82) is 0 Å². The van der Waals surface area contributed by atoms with Gasteiger partial charge in [-0.15, -0.1) is 0 Å². The zero-order valence-corrected chi connectivity index (χ0v) is 14.1. The molecule has 3 aromatic rings. The molecule has 108 valence electrons. The van der Waals surface area contributed by atoms with Crippen LogP contribution in [0.2, 0.25) is 0 Å². The van der Waals surface area contributed by atoms with Gasteiger partial charge in [0.15, 0.2) is 0 Å². The van der Waals surface area contributed by atoms with Gasteiger partial charge >= 0.3 is 0 Å². The number of aromatic nitrogens is 1. The summed E-state index contributed by atoms with van der Waals surface area (Å²) in [6.07, 6.45) is 1.61. The summed E-state index contributed by atoms with van der Waals surface area (Å²) in [4.78, 5) is 0.290. The molecule has 0 aliphatic carbocycles. The molecule has 1 heterocycles. The predicted molar refractivity (Wildman–Crippen MR) is 88.1 cm³/mol. The molecule has 0 fully saturated rings. The number of fused-ring (bicyclic) bond motifs is 1. The molecule has 3 nitrogen and oxygen atoms in total. The number of benzene rings is 2. The Morgan fingerprint density at radius 1 is 0.952 bits per heavy atom. The molecule has 2 aromatic carbocycles. The van der Waals surface area contributed by atoms with Crippen molar-refractivity contribution in [3.8, 4) is 0 Å². The van der Waals surface area contributed by atoms with E-state index < -0.39 is 10.0 Å². The van der Waals surface area contributed by atoms with Crippen LogP contribution in [0.1, 0.15) is 11.1 Å². The number of aryl methyl sites for hydroxylation is 2. The molecular formula is C16H14BrNO2S. The highest BCUT2D eigenvalue weighted by molar-refractivity contribution is 9.10. The standard InChI is InChI=1S/C16H14BrNO2S/c1-11-3-6-13(7-4-11)21(19,20)18-10-15(17)14-9-12(2)5-8-16(14)18/h3-10H,1-2H3. The number of nitrogens with zero attached hydrogens (tertiary/aromatic N) is 1. The maximum Gasteiger partial charge on any atom is 0.268 e. The highest BCUT2D eigenvalue weighted by Gasteiger charge is 2.20. The zero-order chi connectivity index (χ0) is 15.2. The first-order valence-electron chi connectivity index (χ1n) is 6.49. The van der Waals surface area contributed by atoms with Crippen molar-refractivity contribution in [3.63, 3.8) is 0 Å². The van der Waals surface area contributed by atoms with E-state index in [0.29, 0.717) is 5.52 Å². The van der Waals surface area contributed by atoms with E-state index in [1.54, 1.807) is 30.5 Å². The van der Waals surface area contributed by atoms with E-state index in [0.717, 1.165) is 21.0 Å². The highest BCUT2D eigenvalue weighted by Crippen LogP contribution is 2.30. The molecule has 0 unspecified atom stereocenters. The van der Waals surface area contributed by atoms with Crippen LogP contribution in [0.5, 0.6) is 0 Å². The topological polar surface area (TPSA) is 39.1 Å². The average molecular weight is 364 g/mol. The Morgan fingerprint density at radius 2 is 1.57 bits per heavy atom. The van der Waals surface area contributed by atoms with Gasteiger partial charge in [0.05, 0.1) is 10.4 Å². The van der Waals surface area contributed by atoms with Crippen molar-refractivity contribution in [3.05, 3.63) is 64.3 Å². The van der Waals surface area contributed by atoms with Gasteiger partial charge in [0.1, 0.15) is 0 Å². The Kier molecular flexibility index (Phi) is 3.42. The van der Waals surface area contributed by atoms with E-state index >= 15 is 0 Å². The first-order valence-corrected chi connectivity index (χ1v) is 8.72. The molecule has 0 saturated carbocycles. The van der Waals surface area contributed by atoms with Crippen LogP contribution in [0.25, 0.3) is 10.9 Å². The second-order valence-corrected chi connectivity index (χ2v) is 7.78. The molecule has 1 aromatic heterocycles. The number of rotatable bonds is 2. The van der Waals surface area contributed by atoms with E-state index in [9.17, 15) is 8.42 Å². The largest absolute Gasteiger partial charge is 0.268 e. The summed E-state index contributed by atoms with van der Waals surface area (Å²) in [6, 6.07) is 12.6. The molecule has 0 radical (unpaired) electrons. The first-order chi connectivity index (χ1) is 9.89. The van der Waals surface area contributed by atoms with Crippen LogP contribution in [0.3, 0.4) is 0 Å². The fourth-order valence-electron chi connectivity index (χ4n) is 2.30. The third kappa shape index (κ3) is 2.40. The molecule has 0 amide bonds. The quantitative estimate of drug-likeness (QED) is 0.682. The van der Waals surface area contributed by atoms with Crippen LogP contribution in [0, 0.1) is 13.8 Å². The molecule has 0 aliphatic rings. The van der Waals surface area contributed by atoms with Crippen LogP contribution in [0.4, 0.5) is 0 Å². The summed E-state index contributed by atoms with van der Waals surface area (Å²) in [5.74, 6) is 0. The van der Waals surface area contributed by atoms with Gasteiger partial charge in [0.25, 0.3) is 10.0 Å². The summed E-state index contributed by atoms with van der Waals surface area (Å²) in [7, 11) is -3.59. The Balaban J connectivity index is 2.26. The fraction of sp³-hybridized carbons (Fsp3) is 0.125. The molecule has 3 rings (SSSR count). The molecule has 5 heteroatoms. The van der Waals surface area contributed by atoms with Crippen molar-refractivity contribution in [2.24, 2.45) is 0 Å². The fourth-order valence-corrected chi connectivity index (χ4v) is 4.33. The number of halogens is 1.